The van der Waals surface area contributed by atoms with Gasteiger partial charge in [0.25, 0.3) is 5.56 Å². The van der Waals surface area contributed by atoms with Gasteiger partial charge in [-0.3, -0.25) is 9.78 Å². The molecule has 2 N–H and O–H groups in total. The first kappa shape index (κ1) is 12.2. The van der Waals surface area contributed by atoms with E-state index < -0.39 is 11.2 Å². The van der Waals surface area contributed by atoms with Gasteiger partial charge in [0.1, 0.15) is 5.75 Å². The lowest BCUT2D eigenvalue weighted by Crippen LogP contribution is -2.21. The standard InChI is InChI=1S/C15H12N2O3/c1-20-13-8-12-11(14(18)17-15(19)16-12)7-10(13)9-5-3-2-4-6-9/h2-8H,1H3,(H2,16,17,18,19). The second kappa shape index (κ2) is 4.70. The van der Waals surface area contributed by atoms with E-state index in [4.69, 9.17) is 4.74 Å². The van der Waals surface area contributed by atoms with Crippen LogP contribution in [-0.2, 0) is 0 Å². The molecule has 0 aliphatic carbocycles. The van der Waals surface area contributed by atoms with Crippen molar-refractivity contribution < 1.29 is 4.74 Å². The molecule has 100 valence electrons. The molecule has 0 aliphatic rings. The molecule has 20 heavy (non-hydrogen) atoms. The smallest absolute Gasteiger partial charge is 0.326 e. The monoisotopic (exact) mass is 268 g/mol. The highest BCUT2D eigenvalue weighted by atomic mass is 16.5. The molecule has 0 fully saturated rings. The molecule has 5 heteroatoms. The zero-order valence-electron chi connectivity index (χ0n) is 10.8. The van der Waals surface area contributed by atoms with Gasteiger partial charge in [0, 0.05) is 11.6 Å². The lowest BCUT2D eigenvalue weighted by molar-refractivity contribution is 0.417. The number of aromatic nitrogens is 2. The van der Waals surface area contributed by atoms with Crippen molar-refractivity contribution in [1.29, 1.82) is 0 Å². The van der Waals surface area contributed by atoms with Crippen LogP contribution in [0.3, 0.4) is 0 Å². The second-order valence-electron chi connectivity index (χ2n) is 4.37. The van der Waals surface area contributed by atoms with E-state index in [1.54, 1.807) is 19.2 Å². The van der Waals surface area contributed by atoms with Crippen molar-refractivity contribution in [3.63, 3.8) is 0 Å². The summed E-state index contributed by atoms with van der Waals surface area (Å²) in [6, 6.07) is 13.0. The Bertz CT molecular complexity index is 879. The van der Waals surface area contributed by atoms with Crippen LogP contribution in [0.2, 0.25) is 0 Å². The first-order valence-electron chi connectivity index (χ1n) is 6.09. The van der Waals surface area contributed by atoms with Gasteiger partial charge in [0.15, 0.2) is 0 Å². The first-order chi connectivity index (χ1) is 9.69. The Balaban J connectivity index is 2.38. The van der Waals surface area contributed by atoms with E-state index in [9.17, 15) is 9.59 Å². The zero-order chi connectivity index (χ0) is 14.1. The maximum absolute atomic E-state index is 11.9. The molecule has 0 atom stereocenters. The third-order valence-corrected chi connectivity index (χ3v) is 3.14. The van der Waals surface area contributed by atoms with Crippen molar-refractivity contribution in [3.8, 4) is 16.9 Å². The van der Waals surface area contributed by atoms with Crippen molar-refractivity contribution in [1.82, 2.24) is 9.97 Å². The van der Waals surface area contributed by atoms with Crippen molar-refractivity contribution in [3.05, 3.63) is 63.3 Å². The van der Waals surface area contributed by atoms with Gasteiger partial charge < -0.3 is 9.72 Å². The largest absolute Gasteiger partial charge is 0.496 e. The Labute approximate surface area is 113 Å². The number of methoxy groups -OCH3 is 1. The van der Waals surface area contributed by atoms with E-state index in [2.05, 4.69) is 9.97 Å². The average molecular weight is 268 g/mol. The van der Waals surface area contributed by atoms with Crippen molar-refractivity contribution in [2.45, 2.75) is 0 Å². The van der Waals surface area contributed by atoms with Gasteiger partial charge in [-0.15, -0.1) is 0 Å². The second-order valence-corrected chi connectivity index (χ2v) is 4.37. The first-order valence-corrected chi connectivity index (χ1v) is 6.09. The molecule has 3 aromatic rings. The fourth-order valence-corrected chi connectivity index (χ4v) is 2.21. The summed E-state index contributed by atoms with van der Waals surface area (Å²) >= 11 is 0. The number of hydrogen-bond donors (Lipinski definition) is 2. The Morgan fingerprint density at radius 3 is 2.45 bits per heavy atom. The van der Waals surface area contributed by atoms with Crippen LogP contribution in [-0.4, -0.2) is 17.1 Å². The highest BCUT2D eigenvalue weighted by Gasteiger charge is 2.10. The Morgan fingerprint density at radius 2 is 1.75 bits per heavy atom. The van der Waals surface area contributed by atoms with Crippen LogP contribution >= 0.6 is 0 Å². The summed E-state index contributed by atoms with van der Waals surface area (Å²) in [5.41, 5.74) is 1.26. The fourth-order valence-electron chi connectivity index (χ4n) is 2.21. The van der Waals surface area contributed by atoms with Crippen LogP contribution < -0.4 is 16.0 Å². The summed E-state index contributed by atoms with van der Waals surface area (Å²) in [6.45, 7) is 0. The van der Waals surface area contributed by atoms with Crippen LogP contribution in [0, 0.1) is 0 Å². The van der Waals surface area contributed by atoms with Gasteiger partial charge in [0.05, 0.1) is 18.0 Å². The number of H-pyrrole nitrogens is 2. The Hall–Kier alpha value is -2.82. The number of benzene rings is 2. The molecule has 0 amide bonds. The summed E-state index contributed by atoms with van der Waals surface area (Å²) < 4.78 is 5.35. The lowest BCUT2D eigenvalue weighted by atomic mass is 10.0. The number of rotatable bonds is 2. The minimum atomic E-state index is -0.531. The quantitative estimate of drug-likeness (QED) is 0.745. The fraction of sp³-hybridized carbons (Fsp3) is 0.0667. The van der Waals surface area contributed by atoms with Crippen LogP contribution in [0.1, 0.15) is 0 Å². The van der Waals surface area contributed by atoms with Crippen molar-refractivity contribution in [2.24, 2.45) is 0 Å². The van der Waals surface area contributed by atoms with E-state index in [0.29, 0.717) is 16.7 Å². The maximum Gasteiger partial charge on any atom is 0.326 e. The van der Waals surface area contributed by atoms with E-state index in [1.165, 1.54) is 0 Å². The normalized spacial score (nSPS) is 10.7. The van der Waals surface area contributed by atoms with E-state index >= 15 is 0 Å². The van der Waals surface area contributed by atoms with Crippen LogP contribution in [0.5, 0.6) is 5.75 Å². The maximum atomic E-state index is 11.9. The molecule has 1 heterocycles. The summed E-state index contributed by atoms with van der Waals surface area (Å²) in [5, 5.41) is 0.421. The van der Waals surface area contributed by atoms with E-state index in [0.717, 1.165) is 11.1 Å². The van der Waals surface area contributed by atoms with Gasteiger partial charge in [-0.05, 0) is 11.6 Å². The SMILES string of the molecule is COc1cc2[nH]c(=O)[nH]c(=O)c2cc1-c1ccccc1. The van der Waals surface area contributed by atoms with Gasteiger partial charge in [-0.1, -0.05) is 30.3 Å². The van der Waals surface area contributed by atoms with Crippen molar-refractivity contribution >= 4 is 10.9 Å². The Morgan fingerprint density at radius 1 is 1.00 bits per heavy atom. The number of nitrogens with one attached hydrogen (secondary N) is 2. The molecular weight excluding hydrogens is 256 g/mol. The Kier molecular flexibility index (Phi) is 2.87. The third-order valence-electron chi connectivity index (χ3n) is 3.14. The van der Waals surface area contributed by atoms with E-state index in [1.807, 2.05) is 30.3 Å². The lowest BCUT2D eigenvalue weighted by Gasteiger charge is -2.10. The topological polar surface area (TPSA) is 75.0 Å². The highest BCUT2D eigenvalue weighted by molar-refractivity contribution is 5.87. The predicted octanol–water partition coefficient (Wildman–Crippen LogP) is 1.89. The molecule has 2 aromatic carbocycles. The summed E-state index contributed by atoms with van der Waals surface area (Å²) in [6.07, 6.45) is 0. The minimum absolute atomic E-state index is 0.413. The average Bonchev–Trinajstić information content (AvgIpc) is 2.46. The zero-order valence-corrected chi connectivity index (χ0v) is 10.8. The van der Waals surface area contributed by atoms with Crippen LogP contribution in [0.25, 0.3) is 22.0 Å². The molecule has 0 saturated carbocycles. The van der Waals surface area contributed by atoms with Crippen LogP contribution in [0.15, 0.2) is 52.1 Å². The van der Waals surface area contributed by atoms with Crippen LogP contribution in [0.4, 0.5) is 0 Å². The van der Waals surface area contributed by atoms with Crippen molar-refractivity contribution in [2.75, 3.05) is 7.11 Å². The van der Waals surface area contributed by atoms with Gasteiger partial charge >= 0.3 is 5.69 Å². The molecule has 0 saturated heterocycles. The summed E-state index contributed by atoms with van der Waals surface area (Å²) in [7, 11) is 1.55. The molecule has 0 bridgehead atoms. The molecule has 0 aliphatic heterocycles. The predicted molar refractivity (Wildman–Crippen MR) is 77.2 cm³/mol. The molecular formula is C15H12N2O3. The van der Waals surface area contributed by atoms with E-state index in [-0.39, 0.29) is 0 Å². The number of ether oxygens (including phenoxy) is 1. The molecule has 0 spiro atoms. The minimum Gasteiger partial charge on any atom is -0.496 e. The molecule has 0 radical (unpaired) electrons. The van der Waals surface area contributed by atoms with Gasteiger partial charge in [-0.2, -0.15) is 0 Å². The number of fused-ring (bicyclic) bond motifs is 1. The molecule has 0 unspecified atom stereocenters. The summed E-state index contributed by atoms with van der Waals surface area (Å²) in [5.74, 6) is 0.602. The third kappa shape index (κ3) is 1.99. The highest BCUT2D eigenvalue weighted by Crippen LogP contribution is 2.32. The molecule has 3 rings (SSSR count). The molecule has 1 aromatic heterocycles. The summed E-state index contributed by atoms with van der Waals surface area (Å²) in [4.78, 5) is 28.0. The van der Waals surface area contributed by atoms with Gasteiger partial charge in [0.2, 0.25) is 0 Å². The van der Waals surface area contributed by atoms with Gasteiger partial charge in [-0.25, -0.2) is 4.79 Å². The molecule has 5 nitrogen and oxygen atoms in total. The number of hydrogen-bond acceptors (Lipinski definition) is 3. The number of aromatic amines is 2.